The molecule has 2 fully saturated rings. The topological polar surface area (TPSA) is 43.4 Å². The Kier molecular flexibility index (Phi) is 3.08. The van der Waals surface area contributed by atoms with Crippen LogP contribution in [0.2, 0.25) is 0 Å². The maximum Gasteiger partial charge on any atom is 0.319 e. The van der Waals surface area contributed by atoms with Gasteiger partial charge in [-0.2, -0.15) is 0 Å². The fourth-order valence-electron chi connectivity index (χ4n) is 3.53. The van der Waals surface area contributed by atoms with Gasteiger partial charge in [-0.3, -0.25) is 9.59 Å². The van der Waals surface area contributed by atoms with Crippen LogP contribution in [-0.4, -0.2) is 17.7 Å². The van der Waals surface area contributed by atoms with E-state index in [1.54, 1.807) is 11.8 Å². The van der Waals surface area contributed by atoms with Gasteiger partial charge in [0.05, 0.1) is 16.6 Å². The van der Waals surface area contributed by atoms with Gasteiger partial charge in [0.2, 0.25) is 0 Å². The molecule has 110 valence electrons. The summed E-state index contributed by atoms with van der Waals surface area (Å²) in [6.45, 7) is 0. The summed E-state index contributed by atoms with van der Waals surface area (Å²) in [6, 6.07) is 19.9. The lowest BCUT2D eigenvalue weighted by Gasteiger charge is -2.33. The molecule has 0 radical (unpaired) electrons. The molecule has 2 unspecified atom stereocenters. The lowest BCUT2D eigenvalue weighted by atomic mass is 9.75. The third-order valence-electron chi connectivity index (χ3n) is 4.49. The Bertz CT molecular complexity index is 687. The maximum atomic E-state index is 12.4. The molecule has 2 aromatic rings. The van der Waals surface area contributed by atoms with Gasteiger partial charge in [0.15, 0.2) is 0 Å². The molecule has 2 heterocycles. The highest BCUT2D eigenvalue weighted by atomic mass is 32.2. The molecular weight excluding hydrogens is 296 g/mol. The van der Waals surface area contributed by atoms with Gasteiger partial charge in [-0.15, -0.1) is 11.8 Å². The summed E-state index contributed by atoms with van der Waals surface area (Å²) in [6.07, 6.45) is 0. The van der Waals surface area contributed by atoms with Crippen LogP contribution in [0, 0.1) is 11.8 Å². The number of hydrogen-bond acceptors (Lipinski definition) is 4. The SMILES string of the molecule is O=C1OC(=O)C2C1CSC2(c1ccccc1)c1ccccc1. The molecular formula is C18H14O3S. The number of carbonyl (C=O) groups excluding carboxylic acids is 2. The van der Waals surface area contributed by atoms with Gasteiger partial charge >= 0.3 is 11.9 Å². The molecule has 22 heavy (non-hydrogen) atoms. The molecule has 2 atom stereocenters. The summed E-state index contributed by atoms with van der Waals surface area (Å²) >= 11 is 1.67. The first kappa shape index (κ1) is 13.6. The molecule has 2 aliphatic rings. The molecule has 2 aromatic carbocycles. The van der Waals surface area contributed by atoms with Crippen molar-refractivity contribution in [3.05, 3.63) is 71.8 Å². The minimum Gasteiger partial charge on any atom is -0.393 e. The summed E-state index contributed by atoms with van der Waals surface area (Å²) in [5, 5.41) is 0. The predicted molar refractivity (Wildman–Crippen MR) is 84.2 cm³/mol. The Morgan fingerprint density at radius 1 is 0.864 bits per heavy atom. The zero-order valence-corrected chi connectivity index (χ0v) is 12.6. The summed E-state index contributed by atoms with van der Waals surface area (Å²) in [4.78, 5) is 24.3. The van der Waals surface area contributed by atoms with Gasteiger partial charge in [0.25, 0.3) is 0 Å². The Morgan fingerprint density at radius 3 is 1.95 bits per heavy atom. The van der Waals surface area contributed by atoms with E-state index >= 15 is 0 Å². The minimum atomic E-state index is -0.545. The molecule has 0 bridgehead atoms. The number of esters is 2. The van der Waals surface area contributed by atoms with Gasteiger partial charge in [-0.1, -0.05) is 60.7 Å². The van der Waals surface area contributed by atoms with Crippen LogP contribution in [0.25, 0.3) is 0 Å². The number of ether oxygens (including phenoxy) is 1. The van der Waals surface area contributed by atoms with Crippen LogP contribution in [0.3, 0.4) is 0 Å². The highest BCUT2D eigenvalue weighted by molar-refractivity contribution is 8.00. The van der Waals surface area contributed by atoms with Crippen LogP contribution in [0.1, 0.15) is 11.1 Å². The average Bonchev–Trinajstić information content (AvgIpc) is 3.10. The molecule has 0 saturated carbocycles. The third kappa shape index (κ3) is 1.77. The van der Waals surface area contributed by atoms with Crippen LogP contribution in [0.4, 0.5) is 0 Å². The summed E-state index contributed by atoms with van der Waals surface area (Å²) in [5.74, 6) is -0.962. The van der Waals surface area contributed by atoms with E-state index in [9.17, 15) is 9.59 Å². The fraction of sp³-hybridized carbons (Fsp3) is 0.222. The summed E-state index contributed by atoms with van der Waals surface area (Å²) < 4.78 is 4.39. The van der Waals surface area contributed by atoms with Crippen molar-refractivity contribution in [2.24, 2.45) is 11.8 Å². The number of benzene rings is 2. The van der Waals surface area contributed by atoms with E-state index in [-0.39, 0.29) is 11.9 Å². The van der Waals surface area contributed by atoms with Crippen molar-refractivity contribution in [3.8, 4) is 0 Å². The van der Waals surface area contributed by atoms with Gasteiger partial charge in [0, 0.05) is 5.75 Å². The quantitative estimate of drug-likeness (QED) is 0.632. The zero-order chi connectivity index (χ0) is 15.2. The Morgan fingerprint density at radius 2 is 1.41 bits per heavy atom. The highest BCUT2D eigenvalue weighted by Crippen LogP contribution is 2.59. The Balaban J connectivity index is 1.95. The van der Waals surface area contributed by atoms with E-state index in [2.05, 4.69) is 0 Å². The van der Waals surface area contributed by atoms with Crippen molar-refractivity contribution in [1.29, 1.82) is 0 Å². The second-order valence-corrected chi connectivity index (χ2v) is 6.87. The third-order valence-corrected chi connectivity index (χ3v) is 6.20. The van der Waals surface area contributed by atoms with Crippen molar-refractivity contribution in [2.45, 2.75) is 4.75 Å². The highest BCUT2D eigenvalue weighted by Gasteiger charge is 2.62. The van der Waals surface area contributed by atoms with Crippen molar-refractivity contribution in [2.75, 3.05) is 5.75 Å². The van der Waals surface area contributed by atoms with Crippen LogP contribution < -0.4 is 0 Å². The van der Waals surface area contributed by atoms with Crippen LogP contribution >= 0.6 is 11.8 Å². The van der Waals surface area contributed by atoms with Gasteiger partial charge in [-0.05, 0) is 11.1 Å². The zero-order valence-electron chi connectivity index (χ0n) is 11.8. The molecule has 0 amide bonds. The maximum absolute atomic E-state index is 12.4. The molecule has 0 aliphatic carbocycles. The first-order valence-electron chi connectivity index (χ1n) is 7.24. The van der Waals surface area contributed by atoms with Crippen molar-refractivity contribution >= 4 is 23.7 Å². The number of fused-ring (bicyclic) bond motifs is 1. The number of rotatable bonds is 2. The lowest BCUT2D eigenvalue weighted by molar-refractivity contribution is -0.153. The molecule has 0 aromatic heterocycles. The second-order valence-electron chi connectivity index (χ2n) is 5.60. The number of cyclic esters (lactones) is 2. The first-order chi connectivity index (χ1) is 10.7. The van der Waals surface area contributed by atoms with Gasteiger partial charge in [-0.25, -0.2) is 0 Å². The standard InChI is InChI=1S/C18H14O3S/c19-16-14-11-22-18(15(14)17(20)21-16,12-7-3-1-4-8-12)13-9-5-2-6-10-13/h1-10,14-15H,11H2. The number of thioether (sulfide) groups is 1. The molecule has 2 saturated heterocycles. The lowest BCUT2D eigenvalue weighted by Crippen LogP contribution is -2.35. The predicted octanol–water partition coefficient (Wildman–Crippen LogP) is 2.99. The minimum absolute atomic E-state index is 0.349. The summed E-state index contributed by atoms with van der Waals surface area (Å²) in [7, 11) is 0. The van der Waals surface area contributed by atoms with E-state index in [0.29, 0.717) is 5.75 Å². The van der Waals surface area contributed by atoms with Crippen LogP contribution in [-0.2, 0) is 19.1 Å². The molecule has 0 spiro atoms. The van der Waals surface area contributed by atoms with E-state index in [4.69, 9.17) is 4.74 Å². The van der Waals surface area contributed by atoms with E-state index in [1.807, 2.05) is 60.7 Å². The van der Waals surface area contributed by atoms with Crippen molar-refractivity contribution in [3.63, 3.8) is 0 Å². The Hall–Kier alpha value is -2.07. The van der Waals surface area contributed by atoms with Crippen molar-refractivity contribution < 1.29 is 14.3 Å². The fourth-order valence-corrected chi connectivity index (χ4v) is 5.34. The molecule has 0 N–H and O–H groups in total. The molecule has 3 nitrogen and oxygen atoms in total. The van der Waals surface area contributed by atoms with E-state index in [0.717, 1.165) is 11.1 Å². The van der Waals surface area contributed by atoms with E-state index < -0.39 is 16.6 Å². The van der Waals surface area contributed by atoms with Crippen LogP contribution in [0.15, 0.2) is 60.7 Å². The number of hydrogen-bond donors (Lipinski definition) is 0. The smallest absolute Gasteiger partial charge is 0.319 e. The second kappa shape index (κ2) is 4.99. The summed E-state index contributed by atoms with van der Waals surface area (Å²) in [5.41, 5.74) is 2.09. The van der Waals surface area contributed by atoms with Crippen molar-refractivity contribution in [1.82, 2.24) is 0 Å². The molecule has 4 heteroatoms. The normalized spacial score (nSPS) is 25.8. The monoisotopic (exact) mass is 310 g/mol. The molecule has 2 aliphatic heterocycles. The first-order valence-corrected chi connectivity index (χ1v) is 8.22. The van der Waals surface area contributed by atoms with E-state index in [1.165, 1.54) is 0 Å². The van der Waals surface area contributed by atoms with Gasteiger partial charge in [0.1, 0.15) is 0 Å². The average molecular weight is 310 g/mol. The number of carbonyl (C=O) groups is 2. The van der Waals surface area contributed by atoms with Crippen LogP contribution in [0.5, 0.6) is 0 Å². The molecule has 4 rings (SSSR count). The Labute approximate surface area is 132 Å². The largest absolute Gasteiger partial charge is 0.393 e. The van der Waals surface area contributed by atoms with Gasteiger partial charge < -0.3 is 4.74 Å².